The Balaban J connectivity index is 1.62. The standard InChI is InChI=1S/C24H20FN3O2S/c1-16(17-7-3-2-4-8-17)26-22(29)15-31-24-27-21-10-6-5-9-20(21)23(30)28(24)19-13-11-18(25)12-14-19/h2-14,16H,15H2,1H3,(H,26,29). The van der Waals surface area contributed by atoms with E-state index in [4.69, 9.17) is 0 Å². The number of aromatic nitrogens is 2. The molecule has 1 N–H and O–H groups in total. The van der Waals surface area contributed by atoms with Crippen LogP contribution in [-0.4, -0.2) is 21.2 Å². The number of amides is 1. The first-order chi connectivity index (χ1) is 15.0. The first-order valence-corrected chi connectivity index (χ1v) is 10.8. The second-order valence-electron chi connectivity index (χ2n) is 7.02. The van der Waals surface area contributed by atoms with Crippen molar-refractivity contribution in [1.29, 1.82) is 0 Å². The Morgan fingerprint density at radius 1 is 1.03 bits per heavy atom. The predicted molar refractivity (Wildman–Crippen MR) is 121 cm³/mol. The maximum Gasteiger partial charge on any atom is 0.266 e. The molecule has 3 aromatic carbocycles. The van der Waals surface area contributed by atoms with E-state index in [-0.39, 0.29) is 23.3 Å². The lowest BCUT2D eigenvalue weighted by atomic mass is 10.1. The van der Waals surface area contributed by atoms with Gasteiger partial charge in [0.2, 0.25) is 5.91 Å². The molecule has 0 spiro atoms. The third-order valence-corrected chi connectivity index (χ3v) is 5.78. The second-order valence-corrected chi connectivity index (χ2v) is 7.96. The van der Waals surface area contributed by atoms with Gasteiger partial charge in [-0.05, 0) is 48.9 Å². The summed E-state index contributed by atoms with van der Waals surface area (Å²) in [6.45, 7) is 1.92. The van der Waals surface area contributed by atoms with Crippen LogP contribution in [0.2, 0.25) is 0 Å². The molecule has 5 nitrogen and oxygen atoms in total. The number of hydrogen-bond acceptors (Lipinski definition) is 4. The molecule has 31 heavy (non-hydrogen) atoms. The predicted octanol–water partition coefficient (Wildman–Crippen LogP) is 4.49. The molecule has 1 unspecified atom stereocenters. The highest BCUT2D eigenvalue weighted by Gasteiger charge is 2.16. The average Bonchev–Trinajstić information content (AvgIpc) is 2.79. The number of hydrogen-bond donors (Lipinski definition) is 1. The number of fused-ring (bicyclic) bond motifs is 1. The van der Waals surface area contributed by atoms with Gasteiger partial charge in [-0.3, -0.25) is 14.2 Å². The van der Waals surface area contributed by atoms with E-state index >= 15 is 0 Å². The number of thioether (sulfide) groups is 1. The molecular weight excluding hydrogens is 413 g/mol. The fourth-order valence-corrected chi connectivity index (χ4v) is 4.09. The summed E-state index contributed by atoms with van der Waals surface area (Å²) in [7, 11) is 0. The molecule has 1 heterocycles. The lowest BCUT2D eigenvalue weighted by Crippen LogP contribution is -2.29. The fourth-order valence-electron chi connectivity index (χ4n) is 3.27. The Morgan fingerprint density at radius 3 is 2.45 bits per heavy atom. The molecule has 0 bridgehead atoms. The number of carbonyl (C=O) groups is 1. The van der Waals surface area contributed by atoms with Crippen molar-refractivity contribution in [2.45, 2.75) is 18.1 Å². The van der Waals surface area contributed by atoms with Crippen molar-refractivity contribution in [3.8, 4) is 5.69 Å². The maximum atomic E-state index is 13.4. The van der Waals surface area contributed by atoms with Crippen LogP contribution in [0.5, 0.6) is 0 Å². The molecule has 0 aliphatic heterocycles. The summed E-state index contributed by atoms with van der Waals surface area (Å²) in [5.74, 6) is -0.480. The zero-order chi connectivity index (χ0) is 21.8. The van der Waals surface area contributed by atoms with Crippen LogP contribution in [0.15, 0.2) is 88.8 Å². The number of nitrogens with one attached hydrogen (secondary N) is 1. The van der Waals surface area contributed by atoms with Crippen molar-refractivity contribution in [3.05, 3.63) is 101 Å². The molecular formula is C24H20FN3O2S. The molecule has 0 aliphatic carbocycles. The number of rotatable bonds is 6. The molecule has 0 saturated carbocycles. The van der Waals surface area contributed by atoms with Gasteiger partial charge in [0, 0.05) is 0 Å². The van der Waals surface area contributed by atoms with Crippen LogP contribution in [0.4, 0.5) is 4.39 Å². The van der Waals surface area contributed by atoms with Crippen molar-refractivity contribution in [1.82, 2.24) is 14.9 Å². The summed E-state index contributed by atoms with van der Waals surface area (Å²) in [6.07, 6.45) is 0. The van der Waals surface area contributed by atoms with Crippen molar-refractivity contribution in [2.75, 3.05) is 5.75 Å². The zero-order valence-corrected chi connectivity index (χ0v) is 17.6. The van der Waals surface area contributed by atoms with E-state index in [1.54, 1.807) is 24.3 Å². The normalized spacial score (nSPS) is 11.9. The van der Waals surface area contributed by atoms with Crippen molar-refractivity contribution in [2.24, 2.45) is 0 Å². The van der Waals surface area contributed by atoms with Crippen LogP contribution in [0.3, 0.4) is 0 Å². The first-order valence-electron chi connectivity index (χ1n) is 9.78. The Hall–Kier alpha value is -3.45. The highest BCUT2D eigenvalue weighted by molar-refractivity contribution is 7.99. The van der Waals surface area contributed by atoms with Crippen molar-refractivity contribution >= 4 is 28.6 Å². The molecule has 156 valence electrons. The molecule has 4 aromatic rings. The highest BCUT2D eigenvalue weighted by atomic mass is 32.2. The molecule has 1 atom stereocenters. The third kappa shape index (κ3) is 4.67. The number of carbonyl (C=O) groups excluding carboxylic acids is 1. The lowest BCUT2D eigenvalue weighted by Gasteiger charge is -2.15. The number of benzene rings is 3. The molecule has 1 aromatic heterocycles. The van der Waals surface area contributed by atoms with Crippen LogP contribution < -0.4 is 10.9 Å². The SMILES string of the molecule is CC(NC(=O)CSc1nc2ccccc2c(=O)n1-c1ccc(F)cc1)c1ccccc1. The number of nitrogens with zero attached hydrogens (tertiary/aromatic N) is 2. The molecule has 0 radical (unpaired) electrons. The third-order valence-electron chi connectivity index (χ3n) is 4.84. The molecule has 4 rings (SSSR count). The summed E-state index contributed by atoms with van der Waals surface area (Å²) in [4.78, 5) is 30.3. The largest absolute Gasteiger partial charge is 0.349 e. The molecule has 1 amide bonds. The molecule has 0 saturated heterocycles. The van der Waals surface area contributed by atoms with Gasteiger partial charge in [-0.15, -0.1) is 0 Å². The van der Waals surface area contributed by atoms with Gasteiger partial charge in [-0.1, -0.05) is 54.2 Å². The smallest absolute Gasteiger partial charge is 0.266 e. The van der Waals surface area contributed by atoms with Gasteiger partial charge in [0.1, 0.15) is 5.82 Å². The summed E-state index contributed by atoms with van der Waals surface area (Å²) >= 11 is 1.17. The van der Waals surface area contributed by atoms with Gasteiger partial charge in [0.05, 0.1) is 28.4 Å². The van der Waals surface area contributed by atoms with Crippen molar-refractivity contribution < 1.29 is 9.18 Å². The first kappa shape index (κ1) is 20.8. The topological polar surface area (TPSA) is 64.0 Å². The van der Waals surface area contributed by atoms with Crippen LogP contribution in [0.1, 0.15) is 18.5 Å². The van der Waals surface area contributed by atoms with Gasteiger partial charge in [-0.25, -0.2) is 9.37 Å². The van der Waals surface area contributed by atoms with E-state index in [9.17, 15) is 14.0 Å². The second kappa shape index (κ2) is 9.14. The van der Waals surface area contributed by atoms with E-state index in [0.29, 0.717) is 21.7 Å². The van der Waals surface area contributed by atoms with Crippen LogP contribution >= 0.6 is 11.8 Å². The minimum atomic E-state index is -0.394. The minimum Gasteiger partial charge on any atom is -0.349 e. The quantitative estimate of drug-likeness (QED) is 0.359. The Labute approximate surface area is 182 Å². The minimum absolute atomic E-state index is 0.0865. The lowest BCUT2D eigenvalue weighted by molar-refractivity contribution is -0.119. The summed E-state index contributed by atoms with van der Waals surface area (Å²) in [5.41, 5.74) is 1.78. The maximum absolute atomic E-state index is 13.4. The molecule has 0 fully saturated rings. The molecule has 7 heteroatoms. The van der Waals surface area contributed by atoms with Gasteiger partial charge in [0.15, 0.2) is 5.16 Å². The van der Waals surface area contributed by atoms with Crippen molar-refractivity contribution in [3.63, 3.8) is 0 Å². The summed E-state index contributed by atoms with van der Waals surface area (Å²) in [6, 6.07) is 22.2. The van der Waals surface area contributed by atoms with E-state index in [1.165, 1.54) is 40.6 Å². The molecule has 0 aliphatic rings. The van der Waals surface area contributed by atoms with E-state index in [2.05, 4.69) is 10.3 Å². The van der Waals surface area contributed by atoms with Gasteiger partial charge >= 0.3 is 0 Å². The van der Waals surface area contributed by atoms with Crippen LogP contribution in [-0.2, 0) is 4.79 Å². The van der Waals surface area contributed by atoms with E-state index < -0.39 is 5.82 Å². The summed E-state index contributed by atoms with van der Waals surface area (Å²) < 4.78 is 14.8. The number of para-hydroxylation sites is 1. The average molecular weight is 434 g/mol. The van der Waals surface area contributed by atoms with Gasteiger partial charge in [0.25, 0.3) is 5.56 Å². The Bertz CT molecular complexity index is 1270. The monoisotopic (exact) mass is 433 g/mol. The zero-order valence-electron chi connectivity index (χ0n) is 16.8. The Kier molecular flexibility index (Phi) is 6.13. The highest BCUT2D eigenvalue weighted by Crippen LogP contribution is 2.22. The summed E-state index contributed by atoms with van der Waals surface area (Å²) in [5, 5.41) is 3.79. The Morgan fingerprint density at radius 2 is 1.71 bits per heavy atom. The fraction of sp³-hybridized carbons (Fsp3) is 0.125. The van der Waals surface area contributed by atoms with Crippen LogP contribution in [0, 0.1) is 5.82 Å². The van der Waals surface area contributed by atoms with E-state index in [0.717, 1.165) is 5.56 Å². The number of halogens is 1. The van der Waals surface area contributed by atoms with Crippen LogP contribution in [0.25, 0.3) is 16.6 Å². The van der Waals surface area contributed by atoms with Gasteiger partial charge in [-0.2, -0.15) is 0 Å². The van der Waals surface area contributed by atoms with E-state index in [1.807, 2.05) is 37.3 Å². The van der Waals surface area contributed by atoms with Gasteiger partial charge < -0.3 is 5.32 Å².